The molecular weight excluding hydrogens is 378 g/mol. The summed E-state index contributed by atoms with van der Waals surface area (Å²) in [4.78, 5) is 16.8. The number of ether oxygens (including phenoxy) is 3. The first-order chi connectivity index (χ1) is 11.6. The van der Waals surface area contributed by atoms with Crippen LogP contribution in [-0.2, 0) is 4.74 Å². The fourth-order valence-corrected chi connectivity index (χ4v) is 2.89. The Labute approximate surface area is 145 Å². The molecule has 0 bridgehead atoms. The Kier molecular flexibility index (Phi) is 3.42. The molecule has 1 aliphatic heterocycles. The molecule has 1 aliphatic rings. The van der Waals surface area contributed by atoms with Gasteiger partial charge in [-0.15, -0.1) is 0 Å². The predicted octanol–water partition coefficient (Wildman–Crippen LogP) is 2.98. The van der Waals surface area contributed by atoms with Crippen LogP contribution in [0.1, 0.15) is 16.2 Å². The second-order valence-electron chi connectivity index (χ2n) is 5.22. The molecule has 0 atom stereocenters. The summed E-state index contributed by atoms with van der Waals surface area (Å²) in [5.41, 5.74) is 2.99. The summed E-state index contributed by atoms with van der Waals surface area (Å²) in [5.74, 6) is 0.853. The number of nitrogens with zero attached hydrogens (tertiary/aromatic N) is 3. The van der Waals surface area contributed by atoms with Crippen molar-refractivity contribution in [3.8, 4) is 22.8 Å². The van der Waals surface area contributed by atoms with Crippen molar-refractivity contribution in [3.05, 3.63) is 40.1 Å². The van der Waals surface area contributed by atoms with Crippen molar-refractivity contribution in [1.82, 2.24) is 14.6 Å². The third kappa shape index (κ3) is 2.22. The maximum absolute atomic E-state index is 12.1. The molecule has 7 nitrogen and oxygen atoms in total. The molecule has 0 saturated carbocycles. The number of benzene rings is 1. The number of hydrogen-bond donors (Lipinski definition) is 0. The Morgan fingerprint density at radius 1 is 1.29 bits per heavy atom. The van der Waals surface area contributed by atoms with Crippen LogP contribution in [0.3, 0.4) is 0 Å². The number of fused-ring (bicyclic) bond motifs is 2. The summed E-state index contributed by atoms with van der Waals surface area (Å²) in [6.45, 7) is 2.03. The number of halogens is 1. The van der Waals surface area contributed by atoms with E-state index in [-0.39, 0.29) is 6.79 Å². The number of methoxy groups -OCH3 is 1. The number of rotatable bonds is 2. The summed E-state index contributed by atoms with van der Waals surface area (Å²) in [6.07, 6.45) is 0. The Morgan fingerprint density at radius 2 is 2.08 bits per heavy atom. The lowest BCUT2D eigenvalue weighted by atomic mass is 10.1. The standard InChI is InChI=1S/C16H12BrN3O4/c1-8-14(17)15-18-10(6-11(16(21)22-2)20(15)19-8)9-3-4-12-13(5-9)24-7-23-12/h3-6H,7H2,1-2H3. The van der Waals surface area contributed by atoms with E-state index in [4.69, 9.17) is 14.2 Å². The number of carbonyl (C=O) groups excluding carboxylic acids is 1. The second-order valence-corrected chi connectivity index (χ2v) is 6.01. The molecule has 0 aliphatic carbocycles. The highest BCUT2D eigenvalue weighted by atomic mass is 79.9. The minimum atomic E-state index is -0.487. The first kappa shape index (κ1) is 14.9. The molecule has 8 heteroatoms. The maximum Gasteiger partial charge on any atom is 0.356 e. The van der Waals surface area contributed by atoms with Gasteiger partial charge >= 0.3 is 5.97 Å². The van der Waals surface area contributed by atoms with Gasteiger partial charge in [0.05, 0.1) is 23.0 Å². The normalized spacial score (nSPS) is 12.6. The maximum atomic E-state index is 12.1. The topological polar surface area (TPSA) is 75.0 Å². The smallest absolute Gasteiger partial charge is 0.356 e. The van der Waals surface area contributed by atoms with Gasteiger partial charge in [0.2, 0.25) is 6.79 Å². The number of carbonyl (C=O) groups is 1. The monoisotopic (exact) mass is 389 g/mol. The van der Waals surface area contributed by atoms with E-state index in [1.807, 2.05) is 25.1 Å². The van der Waals surface area contributed by atoms with E-state index in [9.17, 15) is 4.79 Å². The molecule has 3 aromatic rings. The van der Waals surface area contributed by atoms with Gasteiger partial charge in [0, 0.05) is 5.56 Å². The van der Waals surface area contributed by atoms with E-state index >= 15 is 0 Å². The predicted molar refractivity (Wildman–Crippen MR) is 88.3 cm³/mol. The molecule has 24 heavy (non-hydrogen) atoms. The van der Waals surface area contributed by atoms with Crippen LogP contribution in [0.2, 0.25) is 0 Å². The third-order valence-electron chi connectivity index (χ3n) is 3.76. The minimum Gasteiger partial charge on any atom is -0.464 e. The molecule has 0 spiro atoms. The fourth-order valence-electron chi connectivity index (χ4n) is 2.55. The zero-order chi connectivity index (χ0) is 16.8. The van der Waals surface area contributed by atoms with Crippen LogP contribution in [0, 0.1) is 6.92 Å². The lowest BCUT2D eigenvalue weighted by Gasteiger charge is -2.07. The minimum absolute atomic E-state index is 0.200. The number of aromatic nitrogens is 3. The molecule has 0 saturated heterocycles. The lowest BCUT2D eigenvalue weighted by molar-refractivity contribution is 0.0590. The summed E-state index contributed by atoms with van der Waals surface area (Å²) >= 11 is 3.47. The summed E-state index contributed by atoms with van der Waals surface area (Å²) in [6, 6.07) is 7.16. The molecule has 2 aromatic heterocycles. The van der Waals surface area contributed by atoms with Crippen LogP contribution in [0.4, 0.5) is 0 Å². The van der Waals surface area contributed by atoms with Gasteiger partial charge in [-0.25, -0.2) is 14.3 Å². The highest BCUT2D eigenvalue weighted by Crippen LogP contribution is 2.36. The van der Waals surface area contributed by atoms with Gasteiger partial charge in [0.1, 0.15) is 0 Å². The molecule has 1 aromatic carbocycles. The Hall–Kier alpha value is -2.61. The van der Waals surface area contributed by atoms with E-state index in [2.05, 4.69) is 26.0 Å². The Balaban J connectivity index is 1.95. The molecule has 0 unspecified atom stereocenters. The van der Waals surface area contributed by atoms with E-state index in [1.165, 1.54) is 11.6 Å². The molecular formula is C16H12BrN3O4. The van der Waals surface area contributed by atoms with E-state index in [1.54, 1.807) is 6.07 Å². The van der Waals surface area contributed by atoms with Crippen molar-refractivity contribution < 1.29 is 19.0 Å². The van der Waals surface area contributed by atoms with Crippen LogP contribution in [0.15, 0.2) is 28.7 Å². The molecule has 4 rings (SSSR count). The average molecular weight is 390 g/mol. The van der Waals surface area contributed by atoms with Crippen LogP contribution in [-0.4, -0.2) is 34.5 Å². The van der Waals surface area contributed by atoms with Crippen molar-refractivity contribution >= 4 is 27.5 Å². The average Bonchev–Trinajstić information content (AvgIpc) is 3.18. The van der Waals surface area contributed by atoms with Gasteiger partial charge in [0.25, 0.3) is 0 Å². The quantitative estimate of drug-likeness (QED) is 0.627. The number of hydrogen-bond acceptors (Lipinski definition) is 6. The van der Waals surface area contributed by atoms with Crippen molar-refractivity contribution in [3.63, 3.8) is 0 Å². The van der Waals surface area contributed by atoms with E-state index < -0.39 is 5.97 Å². The SMILES string of the molecule is COC(=O)c1cc(-c2ccc3c(c2)OCO3)nc2c(Br)c(C)nn12. The molecule has 122 valence electrons. The largest absolute Gasteiger partial charge is 0.464 e. The van der Waals surface area contributed by atoms with Gasteiger partial charge in [-0.3, -0.25) is 0 Å². The molecule has 0 fully saturated rings. The molecule has 3 heterocycles. The second kappa shape index (κ2) is 5.48. The number of aryl methyl sites for hydroxylation is 1. The Morgan fingerprint density at radius 3 is 2.88 bits per heavy atom. The van der Waals surface area contributed by atoms with Crippen molar-refractivity contribution in [2.75, 3.05) is 13.9 Å². The van der Waals surface area contributed by atoms with Gasteiger partial charge in [-0.05, 0) is 47.1 Å². The van der Waals surface area contributed by atoms with Gasteiger partial charge in [-0.1, -0.05) is 0 Å². The van der Waals surface area contributed by atoms with E-state index in [0.717, 1.165) is 15.7 Å². The van der Waals surface area contributed by atoms with Gasteiger partial charge < -0.3 is 14.2 Å². The Bertz CT molecular complexity index is 983. The van der Waals surface area contributed by atoms with Crippen molar-refractivity contribution in [2.24, 2.45) is 0 Å². The fraction of sp³-hybridized carbons (Fsp3) is 0.188. The van der Waals surface area contributed by atoms with Crippen molar-refractivity contribution in [1.29, 1.82) is 0 Å². The van der Waals surface area contributed by atoms with Crippen LogP contribution >= 0.6 is 15.9 Å². The van der Waals surface area contributed by atoms with Crippen LogP contribution < -0.4 is 9.47 Å². The first-order valence-electron chi connectivity index (χ1n) is 7.12. The molecule has 0 N–H and O–H groups in total. The summed E-state index contributed by atoms with van der Waals surface area (Å²) in [7, 11) is 1.33. The summed E-state index contributed by atoms with van der Waals surface area (Å²) < 4.78 is 17.8. The molecule has 0 radical (unpaired) electrons. The zero-order valence-corrected chi connectivity index (χ0v) is 14.5. The highest BCUT2D eigenvalue weighted by Gasteiger charge is 2.20. The number of esters is 1. The zero-order valence-electron chi connectivity index (χ0n) is 12.9. The van der Waals surface area contributed by atoms with E-state index in [0.29, 0.717) is 28.5 Å². The highest BCUT2D eigenvalue weighted by molar-refractivity contribution is 9.10. The molecule has 0 amide bonds. The lowest BCUT2D eigenvalue weighted by Crippen LogP contribution is -2.10. The first-order valence-corrected chi connectivity index (χ1v) is 7.92. The van der Waals surface area contributed by atoms with Crippen LogP contribution in [0.5, 0.6) is 11.5 Å². The van der Waals surface area contributed by atoms with Crippen LogP contribution in [0.25, 0.3) is 16.9 Å². The van der Waals surface area contributed by atoms with Gasteiger partial charge in [-0.2, -0.15) is 5.10 Å². The third-order valence-corrected chi connectivity index (χ3v) is 4.68. The van der Waals surface area contributed by atoms with Crippen molar-refractivity contribution in [2.45, 2.75) is 6.92 Å². The summed E-state index contributed by atoms with van der Waals surface area (Å²) in [5, 5.41) is 4.34. The van der Waals surface area contributed by atoms with Gasteiger partial charge in [0.15, 0.2) is 22.8 Å².